The van der Waals surface area contributed by atoms with Crippen molar-refractivity contribution in [1.82, 2.24) is 5.16 Å². The molecule has 62 valence electrons. The van der Waals surface area contributed by atoms with Gasteiger partial charge in [-0.25, -0.2) is 0 Å². The van der Waals surface area contributed by atoms with Crippen LogP contribution in [0.1, 0.15) is 0 Å². The van der Waals surface area contributed by atoms with Crippen molar-refractivity contribution in [2.24, 2.45) is 0 Å². The fraction of sp³-hybridized carbons (Fsp3) is 0. The molecule has 0 spiro atoms. The van der Waals surface area contributed by atoms with Gasteiger partial charge < -0.3 is 10.3 Å². The fourth-order valence-electron chi connectivity index (χ4n) is 0.873. The average Bonchev–Trinajstić information content (AvgIpc) is 2.58. The Kier molecular flexibility index (Phi) is 1.78. The van der Waals surface area contributed by atoms with Crippen LogP contribution in [0.2, 0.25) is 5.02 Å². The molecule has 2 rings (SSSR count). The van der Waals surface area contributed by atoms with Gasteiger partial charge in [-0.05, 0) is 11.4 Å². The van der Waals surface area contributed by atoms with Crippen LogP contribution < -0.4 is 5.73 Å². The fourth-order valence-corrected chi connectivity index (χ4v) is 1.98. The second kappa shape index (κ2) is 2.80. The van der Waals surface area contributed by atoms with Crippen LogP contribution in [-0.2, 0) is 0 Å². The number of nitrogens with two attached hydrogens (primary N) is 1. The maximum absolute atomic E-state index is 5.87. The number of nitrogen functional groups attached to an aromatic ring is 1. The Morgan fingerprint density at radius 1 is 1.58 bits per heavy atom. The lowest BCUT2D eigenvalue weighted by Gasteiger charge is -1.87. The van der Waals surface area contributed by atoms with Crippen LogP contribution in [0.15, 0.2) is 22.0 Å². The van der Waals surface area contributed by atoms with E-state index in [2.05, 4.69) is 5.16 Å². The smallest absolute Gasteiger partial charge is 0.222 e. The number of halogens is 1. The third-order valence-corrected chi connectivity index (χ3v) is 2.74. The van der Waals surface area contributed by atoms with Gasteiger partial charge in [0, 0.05) is 6.07 Å². The lowest BCUT2D eigenvalue weighted by Crippen LogP contribution is -1.75. The highest BCUT2D eigenvalue weighted by atomic mass is 35.5. The topological polar surface area (TPSA) is 52.0 Å². The Hall–Kier alpha value is -1.00. The first kappa shape index (κ1) is 7.64. The zero-order chi connectivity index (χ0) is 8.55. The second-order valence-corrected chi connectivity index (χ2v) is 3.54. The van der Waals surface area contributed by atoms with Crippen molar-refractivity contribution in [3.05, 3.63) is 22.5 Å². The molecule has 0 bridgehead atoms. The zero-order valence-electron chi connectivity index (χ0n) is 5.95. The molecule has 0 fully saturated rings. The van der Waals surface area contributed by atoms with E-state index in [-0.39, 0.29) is 0 Å². The molecule has 3 nitrogen and oxygen atoms in total. The first-order valence-corrected chi connectivity index (χ1v) is 4.48. The van der Waals surface area contributed by atoms with Crippen LogP contribution in [-0.4, -0.2) is 5.16 Å². The van der Waals surface area contributed by atoms with Crippen LogP contribution in [0.3, 0.4) is 0 Å². The highest BCUT2D eigenvalue weighted by Crippen LogP contribution is 2.32. The normalized spacial score (nSPS) is 10.4. The minimum Gasteiger partial charge on any atom is -0.368 e. The molecule has 0 atom stereocenters. The lowest BCUT2D eigenvalue weighted by atomic mass is 10.3. The molecule has 2 N–H and O–H groups in total. The van der Waals surface area contributed by atoms with Gasteiger partial charge in [0.05, 0.1) is 9.90 Å². The van der Waals surface area contributed by atoms with E-state index in [4.69, 9.17) is 21.9 Å². The van der Waals surface area contributed by atoms with Crippen LogP contribution in [0, 0.1) is 0 Å². The van der Waals surface area contributed by atoms with E-state index < -0.39 is 0 Å². The third kappa shape index (κ3) is 1.19. The number of hydrogen-bond acceptors (Lipinski definition) is 4. The molecule has 0 aromatic carbocycles. The van der Waals surface area contributed by atoms with E-state index in [0.29, 0.717) is 16.6 Å². The van der Waals surface area contributed by atoms with Crippen molar-refractivity contribution in [2.45, 2.75) is 0 Å². The monoisotopic (exact) mass is 200 g/mol. The average molecular weight is 201 g/mol. The van der Waals surface area contributed by atoms with Crippen molar-refractivity contribution in [1.29, 1.82) is 0 Å². The maximum Gasteiger partial charge on any atom is 0.222 e. The first-order valence-electron chi connectivity index (χ1n) is 3.23. The standard InChI is InChI=1S/C7H5ClN2OS/c8-4-1-2-12-7(4)5-3-6(9)11-10-5/h1-3H,9H2. The van der Waals surface area contributed by atoms with Crippen LogP contribution in [0.5, 0.6) is 0 Å². The van der Waals surface area contributed by atoms with E-state index in [1.807, 2.05) is 11.4 Å². The molecule has 5 heteroatoms. The predicted octanol–water partition coefficient (Wildman–Crippen LogP) is 2.64. The number of nitrogens with zero attached hydrogens (tertiary/aromatic N) is 1. The van der Waals surface area contributed by atoms with Gasteiger partial charge in [-0.1, -0.05) is 16.8 Å². The summed E-state index contributed by atoms with van der Waals surface area (Å²) in [6.45, 7) is 0. The van der Waals surface area contributed by atoms with Crippen molar-refractivity contribution in [3.63, 3.8) is 0 Å². The minimum absolute atomic E-state index is 0.300. The van der Waals surface area contributed by atoms with Gasteiger partial charge in [-0.15, -0.1) is 11.3 Å². The number of thiophene rings is 1. The number of rotatable bonds is 1. The molecule has 0 radical (unpaired) electrons. The Morgan fingerprint density at radius 2 is 2.42 bits per heavy atom. The molecular formula is C7H5ClN2OS. The second-order valence-electron chi connectivity index (χ2n) is 2.21. The van der Waals surface area contributed by atoms with E-state index in [1.54, 1.807) is 6.07 Å². The molecule has 0 saturated carbocycles. The van der Waals surface area contributed by atoms with E-state index in [0.717, 1.165) is 4.88 Å². The largest absolute Gasteiger partial charge is 0.368 e. The van der Waals surface area contributed by atoms with Crippen molar-refractivity contribution in [2.75, 3.05) is 5.73 Å². The number of aromatic nitrogens is 1. The van der Waals surface area contributed by atoms with Gasteiger partial charge in [-0.2, -0.15) is 0 Å². The zero-order valence-corrected chi connectivity index (χ0v) is 7.52. The Labute approximate surface area is 77.7 Å². The molecule has 0 aliphatic carbocycles. The third-order valence-electron chi connectivity index (χ3n) is 1.38. The summed E-state index contributed by atoms with van der Waals surface area (Å²) in [5.41, 5.74) is 6.05. The number of hydrogen-bond donors (Lipinski definition) is 1. The summed E-state index contributed by atoms with van der Waals surface area (Å²) in [4.78, 5) is 0.886. The van der Waals surface area contributed by atoms with E-state index in [1.165, 1.54) is 11.3 Å². The summed E-state index contributed by atoms with van der Waals surface area (Å²) in [6, 6.07) is 3.46. The van der Waals surface area contributed by atoms with E-state index in [9.17, 15) is 0 Å². The lowest BCUT2D eigenvalue weighted by molar-refractivity contribution is 0.439. The van der Waals surface area contributed by atoms with Crippen molar-refractivity contribution in [3.8, 4) is 10.6 Å². The van der Waals surface area contributed by atoms with Crippen LogP contribution in [0.4, 0.5) is 5.88 Å². The molecule has 0 aliphatic heterocycles. The molecule has 0 unspecified atom stereocenters. The summed E-state index contributed by atoms with van der Waals surface area (Å²) in [6.07, 6.45) is 0. The summed E-state index contributed by atoms with van der Waals surface area (Å²) < 4.78 is 4.72. The summed E-state index contributed by atoms with van der Waals surface area (Å²) >= 11 is 7.38. The predicted molar refractivity (Wildman–Crippen MR) is 49.2 cm³/mol. The molecule has 2 aromatic rings. The van der Waals surface area contributed by atoms with Crippen molar-refractivity contribution < 1.29 is 4.52 Å². The van der Waals surface area contributed by atoms with Crippen molar-refractivity contribution >= 4 is 28.8 Å². The SMILES string of the molecule is Nc1cc(-c2sccc2Cl)no1. The number of anilines is 1. The van der Waals surface area contributed by atoms with Crippen LogP contribution in [0.25, 0.3) is 10.6 Å². The Balaban J connectivity index is 2.50. The molecular weight excluding hydrogens is 196 g/mol. The molecule has 0 saturated heterocycles. The van der Waals surface area contributed by atoms with Gasteiger partial charge in [-0.3, -0.25) is 0 Å². The molecule has 0 aliphatic rings. The Bertz CT molecular complexity index is 396. The van der Waals surface area contributed by atoms with Gasteiger partial charge in [0.25, 0.3) is 0 Å². The first-order chi connectivity index (χ1) is 5.77. The highest BCUT2D eigenvalue weighted by molar-refractivity contribution is 7.14. The Morgan fingerprint density at radius 3 is 2.92 bits per heavy atom. The molecule has 0 amide bonds. The van der Waals surface area contributed by atoms with Gasteiger partial charge in [0.2, 0.25) is 5.88 Å². The highest BCUT2D eigenvalue weighted by Gasteiger charge is 2.08. The molecule has 2 heterocycles. The van der Waals surface area contributed by atoms with Gasteiger partial charge in [0.1, 0.15) is 5.69 Å². The van der Waals surface area contributed by atoms with Gasteiger partial charge in [0.15, 0.2) is 0 Å². The summed E-state index contributed by atoms with van der Waals surface area (Å²) in [5.74, 6) is 0.300. The summed E-state index contributed by atoms with van der Waals surface area (Å²) in [7, 11) is 0. The quantitative estimate of drug-likeness (QED) is 0.770. The molecule has 12 heavy (non-hydrogen) atoms. The van der Waals surface area contributed by atoms with E-state index >= 15 is 0 Å². The minimum atomic E-state index is 0.300. The van der Waals surface area contributed by atoms with Gasteiger partial charge >= 0.3 is 0 Å². The molecule has 2 aromatic heterocycles. The van der Waals surface area contributed by atoms with Crippen LogP contribution >= 0.6 is 22.9 Å². The summed E-state index contributed by atoms with van der Waals surface area (Å²) in [5, 5.41) is 6.31. The maximum atomic E-state index is 5.87.